The summed E-state index contributed by atoms with van der Waals surface area (Å²) in [7, 11) is 0. The maximum Gasteiger partial charge on any atom is 0.179 e. The number of hydrogen-bond acceptors (Lipinski definition) is 2. The summed E-state index contributed by atoms with van der Waals surface area (Å²) in [4.78, 5) is 11.8. The van der Waals surface area contributed by atoms with E-state index in [0.717, 1.165) is 18.5 Å². The molecule has 0 aliphatic rings. The highest BCUT2D eigenvalue weighted by Crippen LogP contribution is 2.02. The number of hydrogen-bond donors (Lipinski definition) is 1. The van der Waals surface area contributed by atoms with Gasteiger partial charge in [-0.25, -0.2) is 0 Å². The second-order valence-electron chi connectivity index (χ2n) is 3.41. The highest BCUT2D eigenvalue weighted by molar-refractivity contribution is 5.99. The van der Waals surface area contributed by atoms with E-state index in [1.54, 1.807) is 0 Å². The Bertz CT molecular complexity index is 282. The molecule has 0 saturated heterocycles. The van der Waals surface area contributed by atoms with E-state index in [2.05, 4.69) is 12.2 Å². The van der Waals surface area contributed by atoms with Crippen LogP contribution in [0.4, 0.5) is 0 Å². The van der Waals surface area contributed by atoms with Crippen LogP contribution in [0.1, 0.15) is 30.6 Å². The van der Waals surface area contributed by atoms with Gasteiger partial charge < -0.3 is 5.32 Å². The van der Waals surface area contributed by atoms with Gasteiger partial charge >= 0.3 is 0 Å². The Hall–Kier alpha value is -1.15. The van der Waals surface area contributed by atoms with Crippen LogP contribution >= 0.6 is 0 Å². The first kappa shape index (κ1) is 10.9. The predicted molar refractivity (Wildman–Crippen MR) is 58.5 cm³/mol. The van der Waals surface area contributed by atoms with Gasteiger partial charge in [0, 0.05) is 5.56 Å². The van der Waals surface area contributed by atoms with Crippen LogP contribution in [0.25, 0.3) is 0 Å². The fraction of sp³-hybridized carbons (Fsp3) is 0.417. The Morgan fingerprint density at radius 2 is 2.00 bits per heavy atom. The van der Waals surface area contributed by atoms with Crippen LogP contribution < -0.4 is 5.32 Å². The number of benzene rings is 1. The molecule has 0 aromatic heterocycles. The molecule has 2 nitrogen and oxygen atoms in total. The van der Waals surface area contributed by atoms with Gasteiger partial charge in [0.25, 0.3) is 0 Å². The van der Waals surface area contributed by atoms with Crippen molar-refractivity contribution >= 4 is 5.78 Å². The van der Waals surface area contributed by atoms with Gasteiger partial charge in [0.1, 0.15) is 0 Å². The molecule has 1 atom stereocenters. The summed E-state index contributed by atoms with van der Waals surface area (Å²) in [6.45, 7) is 4.89. The zero-order valence-electron chi connectivity index (χ0n) is 8.79. The lowest BCUT2D eigenvalue weighted by Crippen LogP contribution is -2.34. The number of ketones is 1. The molecule has 0 amide bonds. The quantitative estimate of drug-likeness (QED) is 0.723. The smallest absolute Gasteiger partial charge is 0.179 e. The molecular formula is C12H17NO. The van der Waals surface area contributed by atoms with Gasteiger partial charge in [-0.3, -0.25) is 4.79 Å². The average Bonchev–Trinajstić information content (AvgIpc) is 2.26. The first-order valence-electron chi connectivity index (χ1n) is 5.08. The van der Waals surface area contributed by atoms with Crippen LogP contribution in [-0.2, 0) is 0 Å². The van der Waals surface area contributed by atoms with E-state index in [1.807, 2.05) is 37.3 Å². The first-order chi connectivity index (χ1) is 6.75. The van der Waals surface area contributed by atoms with Crippen molar-refractivity contribution in [1.29, 1.82) is 0 Å². The van der Waals surface area contributed by atoms with Crippen molar-refractivity contribution in [2.75, 3.05) is 6.54 Å². The molecule has 0 fully saturated rings. The van der Waals surface area contributed by atoms with Crippen molar-refractivity contribution in [3.8, 4) is 0 Å². The van der Waals surface area contributed by atoms with E-state index in [4.69, 9.17) is 0 Å². The van der Waals surface area contributed by atoms with Crippen molar-refractivity contribution in [2.24, 2.45) is 0 Å². The van der Waals surface area contributed by atoms with Gasteiger partial charge in [0.15, 0.2) is 5.78 Å². The molecule has 0 aliphatic heterocycles. The third-order valence-corrected chi connectivity index (χ3v) is 2.15. The molecule has 1 aromatic rings. The third-order valence-electron chi connectivity index (χ3n) is 2.15. The minimum atomic E-state index is -0.0858. The van der Waals surface area contributed by atoms with E-state index in [0.29, 0.717) is 0 Å². The fourth-order valence-electron chi connectivity index (χ4n) is 1.31. The molecule has 0 radical (unpaired) electrons. The van der Waals surface area contributed by atoms with Gasteiger partial charge in [-0.15, -0.1) is 0 Å². The largest absolute Gasteiger partial charge is 0.307 e. The van der Waals surface area contributed by atoms with Crippen LogP contribution in [-0.4, -0.2) is 18.4 Å². The molecule has 1 N–H and O–H groups in total. The minimum Gasteiger partial charge on any atom is -0.307 e. The van der Waals surface area contributed by atoms with Crippen LogP contribution in [0.3, 0.4) is 0 Å². The van der Waals surface area contributed by atoms with E-state index in [-0.39, 0.29) is 11.8 Å². The molecular weight excluding hydrogens is 174 g/mol. The maximum absolute atomic E-state index is 11.8. The molecule has 1 aromatic carbocycles. The molecule has 0 spiro atoms. The fourth-order valence-corrected chi connectivity index (χ4v) is 1.31. The van der Waals surface area contributed by atoms with Gasteiger partial charge in [-0.1, -0.05) is 37.3 Å². The molecule has 76 valence electrons. The summed E-state index contributed by atoms with van der Waals surface area (Å²) in [5, 5.41) is 3.18. The molecule has 1 rings (SSSR count). The highest BCUT2D eigenvalue weighted by Gasteiger charge is 2.12. The van der Waals surface area contributed by atoms with Gasteiger partial charge in [-0.2, -0.15) is 0 Å². The molecule has 0 bridgehead atoms. The van der Waals surface area contributed by atoms with Crippen LogP contribution in [0.5, 0.6) is 0 Å². The molecule has 0 saturated carbocycles. The van der Waals surface area contributed by atoms with Crippen molar-refractivity contribution in [3.05, 3.63) is 35.9 Å². The van der Waals surface area contributed by atoms with Crippen LogP contribution in [0, 0.1) is 0 Å². The second-order valence-corrected chi connectivity index (χ2v) is 3.41. The monoisotopic (exact) mass is 191 g/mol. The summed E-state index contributed by atoms with van der Waals surface area (Å²) in [6, 6.07) is 9.32. The Balaban J connectivity index is 2.57. The van der Waals surface area contributed by atoms with Crippen LogP contribution in [0.15, 0.2) is 30.3 Å². The Kier molecular flexibility index (Phi) is 4.33. The number of rotatable bonds is 5. The summed E-state index contributed by atoms with van der Waals surface area (Å²) < 4.78 is 0. The van der Waals surface area contributed by atoms with Crippen molar-refractivity contribution < 1.29 is 4.79 Å². The summed E-state index contributed by atoms with van der Waals surface area (Å²) in [5.41, 5.74) is 0.781. The minimum absolute atomic E-state index is 0.0858. The van der Waals surface area contributed by atoms with Crippen molar-refractivity contribution in [3.63, 3.8) is 0 Å². The van der Waals surface area contributed by atoms with Crippen molar-refractivity contribution in [1.82, 2.24) is 5.32 Å². The van der Waals surface area contributed by atoms with Gasteiger partial charge in [0.05, 0.1) is 6.04 Å². The van der Waals surface area contributed by atoms with E-state index in [9.17, 15) is 4.79 Å². The highest BCUT2D eigenvalue weighted by atomic mass is 16.1. The number of nitrogens with one attached hydrogen (secondary N) is 1. The Labute approximate surface area is 85.3 Å². The SMILES string of the molecule is CCCN[C@@H](C)C(=O)c1ccccc1. The topological polar surface area (TPSA) is 29.1 Å². The molecule has 0 unspecified atom stereocenters. The Morgan fingerprint density at radius 3 is 2.57 bits per heavy atom. The first-order valence-corrected chi connectivity index (χ1v) is 5.08. The number of Topliss-reactive ketones (excluding diaryl/α,β-unsaturated/α-hetero) is 1. The predicted octanol–water partition coefficient (Wildman–Crippen LogP) is 2.26. The summed E-state index contributed by atoms with van der Waals surface area (Å²) >= 11 is 0. The third kappa shape index (κ3) is 2.96. The summed E-state index contributed by atoms with van der Waals surface area (Å²) in [6.07, 6.45) is 1.05. The lowest BCUT2D eigenvalue weighted by atomic mass is 10.1. The van der Waals surface area contributed by atoms with Gasteiger partial charge in [0.2, 0.25) is 0 Å². The molecule has 14 heavy (non-hydrogen) atoms. The van der Waals surface area contributed by atoms with E-state index in [1.165, 1.54) is 0 Å². The lowest BCUT2D eigenvalue weighted by molar-refractivity contribution is 0.0951. The lowest BCUT2D eigenvalue weighted by Gasteiger charge is -2.11. The maximum atomic E-state index is 11.8. The van der Waals surface area contributed by atoms with Crippen molar-refractivity contribution in [2.45, 2.75) is 26.3 Å². The number of carbonyl (C=O) groups is 1. The molecule has 2 heteroatoms. The van der Waals surface area contributed by atoms with E-state index >= 15 is 0 Å². The second kappa shape index (κ2) is 5.55. The zero-order chi connectivity index (χ0) is 10.4. The molecule has 0 heterocycles. The Morgan fingerprint density at radius 1 is 1.36 bits per heavy atom. The van der Waals surface area contributed by atoms with Gasteiger partial charge in [-0.05, 0) is 19.9 Å². The zero-order valence-corrected chi connectivity index (χ0v) is 8.79. The van der Waals surface area contributed by atoms with E-state index < -0.39 is 0 Å². The number of carbonyl (C=O) groups excluding carboxylic acids is 1. The normalized spacial score (nSPS) is 12.4. The summed E-state index contributed by atoms with van der Waals surface area (Å²) in [5.74, 6) is 0.166. The molecule has 0 aliphatic carbocycles. The van der Waals surface area contributed by atoms with Crippen LogP contribution in [0.2, 0.25) is 0 Å². The average molecular weight is 191 g/mol. The standard InChI is InChI=1S/C12H17NO/c1-3-9-13-10(2)12(14)11-7-5-4-6-8-11/h4-8,10,13H,3,9H2,1-2H3/t10-/m0/s1.